The van der Waals surface area contributed by atoms with Crippen molar-refractivity contribution < 1.29 is 24.2 Å². The molecule has 2 unspecified atom stereocenters. The first-order chi connectivity index (χ1) is 16.1. The zero-order chi connectivity index (χ0) is 22.5. The van der Waals surface area contributed by atoms with Crippen LogP contribution in [0.3, 0.4) is 0 Å². The van der Waals surface area contributed by atoms with Crippen LogP contribution in [0.1, 0.15) is 35.6 Å². The molecule has 6 rings (SSSR count). The highest BCUT2D eigenvalue weighted by Crippen LogP contribution is 2.43. The van der Waals surface area contributed by atoms with Crippen molar-refractivity contribution in [3.05, 3.63) is 70.9 Å². The first kappa shape index (κ1) is 20.1. The van der Waals surface area contributed by atoms with Crippen molar-refractivity contribution in [2.75, 3.05) is 19.8 Å². The molecule has 0 bridgehead atoms. The van der Waals surface area contributed by atoms with Crippen molar-refractivity contribution in [2.24, 2.45) is 0 Å². The maximum atomic E-state index is 13.3. The number of aromatic nitrogens is 1. The summed E-state index contributed by atoms with van der Waals surface area (Å²) in [5, 5.41) is 12.3. The summed E-state index contributed by atoms with van der Waals surface area (Å²) in [7, 11) is 0. The number of hydrogen-bond acceptors (Lipinski definition) is 5. The Bertz CT molecular complexity index is 1300. The van der Waals surface area contributed by atoms with E-state index in [2.05, 4.69) is 4.98 Å². The summed E-state index contributed by atoms with van der Waals surface area (Å²) >= 11 is 0. The molecule has 3 aliphatic heterocycles. The second-order valence-electron chi connectivity index (χ2n) is 8.80. The molecule has 2 saturated heterocycles. The number of para-hydroxylation sites is 1. The third kappa shape index (κ3) is 3.23. The number of H-pyrrole nitrogens is 1. The van der Waals surface area contributed by atoms with Gasteiger partial charge in [0.25, 0.3) is 11.7 Å². The fraction of sp³-hybridized carbons (Fsp3) is 0.308. The van der Waals surface area contributed by atoms with Crippen molar-refractivity contribution in [3.63, 3.8) is 0 Å². The first-order valence-electron chi connectivity index (χ1n) is 11.3. The fourth-order valence-electron chi connectivity index (χ4n) is 5.21. The number of rotatable bonds is 4. The number of hydrogen-bond donors (Lipinski definition) is 2. The molecule has 0 saturated carbocycles. The van der Waals surface area contributed by atoms with E-state index in [4.69, 9.17) is 9.47 Å². The standard InChI is InChI=1S/C26H24N2O5/c29-24(16-7-8-21-15(12-16)9-11-33-21)22-23(19-13-27-20-6-2-1-5-18(19)20)28(26(31)25(22)30)14-17-4-3-10-32-17/h1-2,5-8,12-13,17,23,27,29H,3-4,9-11,14H2/b24-22+. The predicted octanol–water partition coefficient (Wildman–Crippen LogP) is 3.70. The first-order valence-corrected chi connectivity index (χ1v) is 11.3. The minimum atomic E-state index is -0.699. The SMILES string of the molecule is O=C1C(=O)N(CC2CCCO2)C(c2c[nH]c3ccccc23)/C1=C(\O)c1ccc2c(c1)CCO2. The van der Waals surface area contributed by atoms with Crippen LogP contribution in [-0.4, -0.2) is 52.5 Å². The van der Waals surface area contributed by atoms with Crippen LogP contribution in [-0.2, 0) is 20.7 Å². The van der Waals surface area contributed by atoms with Gasteiger partial charge in [0.15, 0.2) is 0 Å². The highest BCUT2D eigenvalue weighted by Gasteiger charge is 2.47. The molecule has 4 heterocycles. The number of benzene rings is 2. The average Bonchev–Trinajstić information content (AvgIpc) is 3.62. The van der Waals surface area contributed by atoms with Gasteiger partial charge in [-0.05, 0) is 42.7 Å². The van der Waals surface area contributed by atoms with Crippen molar-refractivity contribution in [2.45, 2.75) is 31.4 Å². The van der Waals surface area contributed by atoms with Gasteiger partial charge in [-0.3, -0.25) is 9.59 Å². The summed E-state index contributed by atoms with van der Waals surface area (Å²) in [6, 6.07) is 12.4. The lowest BCUT2D eigenvalue weighted by molar-refractivity contribution is -0.140. The van der Waals surface area contributed by atoms with E-state index in [0.717, 1.165) is 47.0 Å². The molecule has 0 spiro atoms. The van der Waals surface area contributed by atoms with Crippen LogP contribution in [0.5, 0.6) is 5.75 Å². The Hall–Kier alpha value is -3.58. The number of nitrogens with one attached hydrogen (secondary N) is 1. The number of aliphatic hydroxyl groups excluding tert-OH is 1. The molecule has 0 radical (unpaired) electrons. The molecule has 7 heteroatoms. The van der Waals surface area contributed by atoms with Gasteiger partial charge < -0.3 is 24.5 Å². The number of ether oxygens (including phenoxy) is 2. The van der Waals surface area contributed by atoms with Gasteiger partial charge in [0.05, 0.1) is 24.3 Å². The van der Waals surface area contributed by atoms with Gasteiger partial charge in [0, 0.05) is 47.8 Å². The normalized spacial score (nSPS) is 23.9. The Balaban J connectivity index is 1.51. The number of likely N-dealkylation sites (tertiary alicyclic amines) is 1. The molecule has 0 aliphatic carbocycles. The molecule has 2 fully saturated rings. The molecule has 2 N–H and O–H groups in total. The van der Waals surface area contributed by atoms with Crippen LogP contribution in [0.2, 0.25) is 0 Å². The predicted molar refractivity (Wildman–Crippen MR) is 122 cm³/mol. The summed E-state index contributed by atoms with van der Waals surface area (Å²) < 4.78 is 11.3. The molecular weight excluding hydrogens is 420 g/mol. The Kier molecular flexibility index (Phi) is 4.73. The number of amides is 1. The van der Waals surface area contributed by atoms with E-state index in [-0.39, 0.29) is 17.4 Å². The number of carbonyl (C=O) groups is 2. The van der Waals surface area contributed by atoms with E-state index in [1.807, 2.05) is 36.5 Å². The van der Waals surface area contributed by atoms with Crippen LogP contribution >= 0.6 is 0 Å². The van der Waals surface area contributed by atoms with Gasteiger partial charge in [-0.15, -0.1) is 0 Å². The molecular formula is C26H24N2O5. The zero-order valence-electron chi connectivity index (χ0n) is 18.0. The summed E-state index contributed by atoms with van der Waals surface area (Å²) in [5.41, 5.74) is 3.30. The van der Waals surface area contributed by atoms with Crippen LogP contribution < -0.4 is 4.74 Å². The summed E-state index contributed by atoms with van der Waals surface area (Å²) in [6.45, 7) is 1.56. The number of fused-ring (bicyclic) bond motifs is 2. The van der Waals surface area contributed by atoms with Gasteiger partial charge in [-0.2, -0.15) is 0 Å². The van der Waals surface area contributed by atoms with E-state index in [1.165, 1.54) is 0 Å². The Morgan fingerprint density at radius 3 is 2.88 bits per heavy atom. The highest BCUT2D eigenvalue weighted by atomic mass is 16.5. The van der Waals surface area contributed by atoms with E-state index in [0.29, 0.717) is 25.3 Å². The highest BCUT2D eigenvalue weighted by molar-refractivity contribution is 6.46. The van der Waals surface area contributed by atoms with E-state index < -0.39 is 17.7 Å². The number of ketones is 1. The van der Waals surface area contributed by atoms with Gasteiger partial charge >= 0.3 is 0 Å². The summed E-state index contributed by atoms with van der Waals surface area (Å²) in [6.07, 6.45) is 4.23. The molecule has 2 atom stereocenters. The lowest BCUT2D eigenvalue weighted by Gasteiger charge is -2.27. The molecule has 2 aromatic carbocycles. The van der Waals surface area contributed by atoms with Crippen LogP contribution in [0.25, 0.3) is 16.7 Å². The van der Waals surface area contributed by atoms with Gasteiger partial charge in [-0.25, -0.2) is 0 Å². The number of Topliss-reactive ketones (excluding diaryl/α,β-unsaturated/α-hetero) is 1. The largest absolute Gasteiger partial charge is 0.507 e. The van der Waals surface area contributed by atoms with Crippen molar-refractivity contribution >= 4 is 28.4 Å². The molecule has 168 valence electrons. The Labute approximate surface area is 190 Å². The van der Waals surface area contributed by atoms with Crippen molar-refractivity contribution in [1.82, 2.24) is 9.88 Å². The minimum absolute atomic E-state index is 0.113. The number of aliphatic hydroxyl groups is 1. The lowest BCUT2D eigenvalue weighted by atomic mass is 9.94. The van der Waals surface area contributed by atoms with Crippen LogP contribution in [0, 0.1) is 0 Å². The van der Waals surface area contributed by atoms with Gasteiger partial charge in [0.2, 0.25) is 0 Å². The van der Waals surface area contributed by atoms with Crippen molar-refractivity contribution in [3.8, 4) is 5.75 Å². The minimum Gasteiger partial charge on any atom is -0.507 e. The van der Waals surface area contributed by atoms with E-state index in [9.17, 15) is 14.7 Å². The Morgan fingerprint density at radius 2 is 2.03 bits per heavy atom. The fourth-order valence-corrected chi connectivity index (χ4v) is 5.21. The van der Waals surface area contributed by atoms with Crippen LogP contribution in [0.4, 0.5) is 0 Å². The Morgan fingerprint density at radius 1 is 1.15 bits per heavy atom. The monoisotopic (exact) mass is 444 g/mol. The van der Waals surface area contributed by atoms with Gasteiger partial charge in [0.1, 0.15) is 11.5 Å². The van der Waals surface area contributed by atoms with E-state index >= 15 is 0 Å². The number of nitrogens with zero attached hydrogens (tertiary/aromatic N) is 1. The van der Waals surface area contributed by atoms with Gasteiger partial charge in [-0.1, -0.05) is 18.2 Å². The van der Waals surface area contributed by atoms with Crippen molar-refractivity contribution in [1.29, 1.82) is 0 Å². The lowest BCUT2D eigenvalue weighted by Crippen LogP contribution is -2.36. The molecule has 3 aliphatic rings. The third-order valence-corrected chi connectivity index (χ3v) is 6.84. The number of carbonyl (C=O) groups excluding carboxylic acids is 2. The second-order valence-corrected chi connectivity index (χ2v) is 8.80. The summed E-state index contributed by atoms with van der Waals surface area (Å²) in [4.78, 5) is 31.3. The molecule has 7 nitrogen and oxygen atoms in total. The molecule has 1 amide bonds. The smallest absolute Gasteiger partial charge is 0.295 e. The maximum absolute atomic E-state index is 13.3. The van der Waals surface area contributed by atoms with E-state index in [1.54, 1.807) is 17.0 Å². The summed E-state index contributed by atoms with van der Waals surface area (Å²) in [5.74, 6) is -0.643. The number of aromatic amines is 1. The average molecular weight is 444 g/mol. The topological polar surface area (TPSA) is 91.9 Å². The second kappa shape index (κ2) is 7.78. The van der Waals surface area contributed by atoms with Crippen LogP contribution in [0.15, 0.2) is 54.2 Å². The zero-order valence-corrected chi connectivity index (χ0v) is 18.0. The third-order valence-electron chi connectivity index (χ3n) is 6.84. The quantitative estimate of drug-likeness (QED) is 0.364. The molecule has 3 aromatic rings. The molecule has 1 aromatic heterocycles. The molecule has 33 heavy (non-hydrogen) atoms. The maximum Gasteiger partial charge on any atom is 0.295 e.